The number of carbonyl (C=O) groups is 1. The number of amides is 1. The van der Waals surface area contributed by atoms with Crippen molar-refractivity contribution in [2.75, 3.05) is 11.6 Å². The fourth-order valence-electron chi connectivity index (χ4n) is 3.32. The monoisotopic (exact) mass is 476 g/mol. The summed E-state index contributed by atoms with van der Waals surface area (Å²) in [6.45, 7) is 5.34. The number of halogens is 3. The zero-order chi connectivity index (χ0) is 23.9. The highest BCUT2D eigenvalue weighted by Crippen LogP contribution is 2.29. The highest BCUT2D eigenvalue weighted by molar-refractivity contribution is 7.98. The highest BCUT2D eigenvalue weighted by Gasteiger charge is 2.31. The van der Waals surface area contributed by atoms with Crippen LogP contribution in [0.4, 0.5) is 19.0 Å². The number of hydrogen-bond donors (Lipinski definition) is 1. The summed E-state index contributed by atoms with van der Waals surface area (Å²) in [5.41, 5.74) is 1.80. The normalized spacial score (nSPS) is 11.8. The first kappa shape index (κ1) is 22.7. The van der Waals surface area contributed by atoms with Crippen molar-refractivity contribution in [3.8, 4) is 5.82 Å². The molecule has 33 heavy (non-hydrogen) atoms. The number of thioether (sulfide) groups is 1. The van der Waals surface area contributed by atoms with Crippen LogP contribution in [0.2, 0.25) is 0 Å². The van der Waals surface area contributed by atoms with Crippen molar-refractivity contribution in [1.82, 2.24) is 34.3 Å². The van der Waals surface area contributed by atoms with E-state index in [0.717, 1.165) is 18.0 Å². The topological polar surface area (TPSA) is 103 Å². The molecule has 1 amide bonds. The second-order valence-electron chi connectivity index (χ2n) is 7.28. The second-order valence-corrected chi connectivity index (χ2v) is 8.06. The van der Waals surface area contributed by atoms with Crippen LogP contribution in [0.1, 0.15) is 28.2 Å². The van der Waals surface area contributed by atoms with Crippen LogP contribution in [0.15, 0.2) is 29.6 Å². The van der Waals surface area contributed by atoms with E-state index in [2.05, 4.69) is 30.5 Å². The maximum atomic E-state index is 12.9. The number of hydrogen-bond acceptors (Lipinski definition) is 7. The highest BCUT2D eigenvalue weighted by atomic mass is 32.2. The van der Waals surface area contributed by atoms with Crippen LogP contribution >= 0.6 is 11.8 Å². The average molecular weight is 476 g/mol. The lowest BCUT2D eigenvalue weighted by Gasteiger charge is -2.12. The summed E-state index contributed by atoms with van der Waals surface area (Å²) in [4.78, 5) is 25.5. The fourth-order valence-corrected chi connectivity index (χ4v) is 3.66. The van der Waals surface area contributed by atoms with E-state index in [-0.39, 0.29) is 18.1 Å². The number of aryl methyl sites for hydroxylation is 3. The Hall–Kier alpha value is -3.48. The van der Waals surface area contributed by atoms with Gasteiger partial charge in [-0.3, -0.25) is 4.79 Å². The number of anilines is 1. The third kappa shape index (κ3) is 4.53. The van der Waals surface area contributed by atoms with E-state index in [4.69, 9.17) is 0 Å². The SMILES string of the molecule is CSc1nc2nc(C)c(CC(=O)Nc3cc(C)nn3-c3ccc(C(F)(F)F)cn3)c(C)n2n1. The van der Waals surface area contributed by atoms with E-state index >= 15 is 0 Å². The lowest BCUT2D eigenvalue weighted by atomic mass is 10.1. The number of nitrogens with zero attached hydrogens (tertiary/aromatic N) is 7. The Morgan fingerprint density at radius 2 is 1.91 bits per heavy atom. The molecule has 0 aromatic carbocycles. The Balaban J connectivity index is 1.59. The summed E-state index contributed by atoms with van der Waals surface area (Å²) in [5.74, 6) is 0.551. The molecule has 172 valence electrons. The molecule has 4 rings (SSSR count). The molecule has 0 saturated heterocycles. The zero-order valence-electron chi connectivity index (χ0n) is 18.1. The Kier molecular flexibility index (Phi) is 5.82. The summed E-state index contributed by atoms with van der Waals surface area (Å²) in [7, 11) is 0. The van der Waals surface area contributed by atoms with Crippen molar-refractivity contribution in [3.63, 3.8) is 0 Å². The standard InChI is InChI=1S/C20H19F3N8OS/c1-10-7-16(31(28-10)15-6-5-13(9-24-15)20(21,22)23)26-17(32)8-14-11(2)25-18-27-19(33-4)29-30(18)12(14)3/h5-7,9H,8H2,1-4H3,(H,26,32). The Morgan fingerprint density at radius 1 is 1.15 bits per heavy atom. The third-order valence-corrected chi connectivity index (χ3v) is 5.48. The number of nitrogens with one attached hydrogen (secondary N) is 1. The number of carbonyl (C=O) groups excluding carboxylic acids is 1. The molecule has 0 spiro atoms. The maximum absolute atomic E-state index is 12.9. The minimum atomic E-state index is -4.49. The first-order chi connectivity index (χ1) is 15.6. The molecule has 0 fully saturated rings. The van der Waals surface area contributed by atoms with Gasteiger partial charge >= 0.3 is 6.18 Å². The van der Waals surface area contributed by atoms with Gasteiger partial charge in [0.05, 0.1) is 17.7 Å². The average Bonchev–Trinajstić information content (AvgIpc) is 3.33. The smallest absolute Gasteiger partial charge is 0.310 e. The molecule has 0 aliphatic carbocycles. The molecule has 0 atom stereocenters. The van der Waals surface area contributed by atoms with Crippen LogP contribution in [0.25, 0.3) is 11.6 Å². The molecule has 4 aromatic rings. The van der Waals surface area contributed by atoms with E-state index in [9.17, 15) is 18.0 Å². The maximum Gasteiger partial charge on any atom is 0.417 e. The van der Waals surface area contributed by atoms with Crippen molar-refractivity contribution in [2.45, 2.75) is 38.5 Å². The van der Waals surface area contributed by atoms with Gasteiger partial charge < -0.3 is 5.32 Å². The molecule has 1 N–H and O–H groups in total. The van der Waals surface area contributed by atoms with Crippen LogP contribution in [0.3, 0.4) is 0 Å². The summed E-state index contributed by atoms with van der Waals surface area (Å²) < 4.78 is 41.4. The Morgan fingerprint density at radius 3 is 2.55 bits per heavy atom. The number of pyridine rings is 1. The first-order valence-corrected chi connectivity index (χ1v) is 11.0. The largest absolute Gasteiger partial charge is 0.417 e. The number of rotatable bonds is 5. The molecule has 0 aliphatic heterocycles. The zero-order valence-corrected chi connectivity index (χ0v) is 18.9. The Bertz CT molecular complexity index is 1340. The molecule has 9 nitrogen and oxygen atoms in total. The van der Waals surface area contributed by atoms with E-state index in [1.54, 1.807) is 24.4 Å². The predicted octanol–water partition coefficient (Wildman–Crippen LogP) is 3.55. The second kappa shape index (κ2) is 8.46. The number of fused-ring (bicyclic) bond motifs is 1. The minimum Gasteiger partial charge on any atom is -0.310 e. The molecule has 0 unspecified atom stereocenters. The van der Waals surface area contributed by atoms with Crippen LogP contribution in [0.5, 0.6) is 0 Å². The van der Waals surface area contributed by atoms with Crippen molar-refractivity contribution in [3.05, 3.63) is 52.6 Å². The van der Waals surface area contributed by atoms with Gasteiger partial charge in [-0.05, 0) is 39.2 Å². The summed E-state index contributed by atoms with van der Waals surface area (Å²) in [6, 6.07) is 3.73. The summed E-state index contributed by atoms with van der Waals surface area (Å²) in [5, 5.41) is 12.0. The van der Waals surface area contributed by atoms with Gasteiger partial charge in [0.15, 0.2) is 5.82 Å². The fraction of sp³-hybridized carbons (Fsp3) is 0.300. The van der Waals surface area contributed by atoms with Crippen LogP contribution in [-0.2, 0) is 17.4 Å². The van der Waals surface area contributed by atoms with Crippen LogP contribution in [0, 0.1) is 20.8 Å². The molecule has 0 aliphatic rings. The minimum absolute atomic E-state index is 0.0136. The van der Waals surface area contributed by atoms with Crippen LogP contribution < -0.4 is 5.32 Å². The van der Waals surface area contributed by atoms with Gasteiger partial charge in [0, 0.05) is 29.2 Å². The molecule has 0 bridgehead atoms. The van der Waals surface area contributed by atoms with E-state index in [0.29, 0.717) is 33.7 Å². The molecule has 13 heteroatoms. The molecule has 4 aromatic heterocycles. The third-order valence-electron chi connectivity index (χ3n) is 4.94. The molecular weight excluding hydrogens is 457 g/mol. The predicted molar refractivity (Wildman–Crippen MR) is 115 cm³/mol. The quantitative estimate of drug-likeness (QED) is 0.440. The first-order valence-electron chi connectivity index (χ1n) is 9.74. The van der Waals surface area contributed by atoms with Gasteiger partial charge in [-0.25, -0.2) is 14.5 Å². The van der Waals surface area contributed by atoms with Gasteiger partial charge in [-0.15, -0.1) is 5.10 Å². The lowest BCUT2D eigenvalue weighted by molar-refractivity contribution is -0.137. The summed E-state index contributed by atoms with van der Waals surface area (Å²) >= 11 is 1.39. The van der Waals surface area contributed by atoms with Crippen molar-refractivity contribution >= 4 is 29.3 Å². The van der Waals surface area contributed by atoms with Crippen molar-refractivity contribution in [2.24, 2.45) is 0 Å². The van der Waals surface area contributed by atoms with Gasteiger partial charge in [0.1, 0.15) is 5.82 Å². The van der Waals surface area contributed by atoms with E-state index in [1.807, 2.05) is 13.2 Å². The number of alkyl halides is 3. The van der Waals surface area contributed by atoms with Gasteiger partial charge in [0.25, 0.3) is 5.78 Å². The number of aromatic nitrogens is 7. The van der Waals surface area contributed by atoms with Gasteiger partial charge in [-0.1, -0.05) is 11.8 Å². The van der Waals surface area contributed by atoms with Crippen LogP contribution in [-0.4, -0.2) is 46.5 Å². The molecule has 0 saturated carbocycles. The van der Waals surface area contributed by atoms with E-state index < -0.39 is 11.7 Å². The van der Waals surface area contributed by atoms with E-state index in [1.165, 1.54) is 22.5 Å². The van der Waals surface area contributed by atoms with Gasteiger partial charge in [-0.2, -0.15) is 27.9 Å². The van der Waals surface area contributed by atoms with Crippen molar-refractivity contribution < 1.29 is 18.0 Å². The summed E-state index contributed by atoms with van der Waals surface area (Å²) in [6.07, 6.45) is -1.89. The molecule has 0 radical (unpaired) electrons. The van der Waals surface area contributed by atoms with Crippen molar-refractivity contribution in [1.29, 1.82) is 0 Å². The molecular formula is C20H19F3N8OS. The Labute approximate surface area is 190 Å². The lowest BCUT2D eigenvalue weighted by Crippen LogP contribution is -2.20. The molecule has 4 heterocycles. The van der Waals surface area contributed by atoms with Gasteiger partial charge in [0.2, 0.25) is 11.1 Å².